The Hall–Kier alpha value is -3.54. The molecule has 0 aliphatic heterocycles. The summed E-state index contributed by atoms with van der Waals surface area (Å²) in [4.78, 5) is 16.6. The fraction of sp³-hybridized carbons (Fsp3) is 0.217. The Morgan fingerprint density at radius 3 is 2.45 bits per heavy atom. The zero-order chi connectivity index (χ0) is 20.6. The van der Waals surface area contributed by atoms with Gasteiger partial charge in [-0.1, -0.05) is 30.3 Å². The Balaban J connectivity index is 1.55. The fourth-order valence-corrected chi connectivity index (χ4v) is 2.90. The molecule has 0 saturated carbocycles. The maximum Gasteiger partial charge on any atom is 0.270 e. The van der Waals surface area contributed by atoms with E-state index in [4.69, 9.17) is 9.47 Å². The molecule has 3 rings (SSSR count). The van der Waals surface area contributed by atoms with Gasteiger partial charge in [0.05, 0.1) is 26.1 Å². The molecule has 0 fully saturated rings. The first-order valence-electron chi connectivity index (χ1n) is 9.34. The number of pyridine rings is 1. The second kappa shape index (κ2) is 9.59. The smallest absolute Gasteiger partial charge is 0.270 e. The SMILES string of the molecule is COc1ccc(CNC(=O)c2ccc(NCc3ccccc3C)cn2)cc1OC. The molecular weight excluding hydrogens is 366 g/mol. The Labute approximate surface area is 170 Å². The Bertz CT molecular complexity index is 971. The number of amides is 1. The normalized spacial score (nSPS) is 10.3. The van der Waals surface area contributed by atoms with Gasteiger partial charge in [-0.05, 0) is 47.9 Å². The largest absolute Gasteiger partial charge is 0.493 e. The van der Waals surface area contributed by atoms with E-state index < -0.39 is 0 Å². The molecule has 150 valence electrons. The number of nitrogens with zero attached hydrogens (tertiary/aromatic N) is 1. The van der Waals surface area contributed by atoms with Gasteiger partial charge in [0.15, 0.2) is 11.5 Å². The molecule has 0 aliphatic rings. The molecule has 0 bridgehead atoms. The van der Waals surface area contributed by atoms with Gasteiger partial charge in [0.1, 0.15) is 5.69 Å². The summed E-state index contributed by atoms with van der Waals surface area (Å²) in [6.45, 7) is 3.16. The van der Waals surface area contributed by atoms with Crippen LogP contribution in [0.3, 0.4) is 0 Å². The van der Waals surface area contributed by atoms with Gasteiger partial charge in [-0.2, -0.15) is 0 Å². The summed E-state index contributed by atoms with van der Waals surface area (Å²) in [7, 11) is 3.17. The summed E-state index contributed by atoms with van der Waals surface area (Å²) >= 11 is 0. The van der Waals surface area contributed by atoms with Gasteiger partial charge >= 0.3 is 0 Å². The lowest BCUT2D eigenvalue weighted by Gasteiger charge is -2.11. The predicted molar refractivity (Wildman–Crippen MR) is 113 cm³/mol. The summed E-state index contributed by atoms with van der Waals surface area (Å²) in [5.41, 5.74) is 4.60. The van der Waals surface area contributed by atoms with Crippen molar-refractivity contribution in [1.29, 1.82) is 0 Å². The highest BCUT2D eigenvalue weighted by atomic mass is 16.5. The van der Waals surface area contributed by atoms with Gasteiger partial charge < -0.3 is 20.1 Å². The molecule has 6 nitrogen and oxygen atoms in total. The Morgan fingerprint density at radius 2 is 1.76 bits per heavy atom. The molecule has 0 saturated heterocycles. The summed E-state index contributed by atoms with van der Waals surface area (Å²) in [5, 5.41) is 6.20. The summed E-state index contributed by atoms with van der Waals surface area (Å²) in [6, 6.07) is 17.3. The minimum absolute atomic E-state index is 0.231. The number of hydrogen-bond acceptors (Lipinski definition) is 5. The Kier molecular flexibility index (Phi) is 6.68. The highest BCUT2D eigenvalue weighted by Gasteiger charge is 2.09. The van der Waals surface area contributed by atoms with E-state index >= 15 is 0 Å². The van der Waals surface area contributed by atoms with E-state index in [1.165, 1.54) is 11.1 Å². The van der Waals surface area contributed by atoms with Crippen molar-refractivity contribution >= 4 is 11.6 Å². The molecule has 0 atom stereocenters. The van der Waals surface area contributed by atoms with E-state index in [0.29, 0.717) is 30.3 Å². The Morgan fingerprint density at radius 1 is 0.966 bits per heavy atom. The molecule has 0 aliphatic carbocycles. The van der Waals surface area contributed by atoms with Gasteiger partial charge in [0.25, 0.3) is 5.91 Å². The molecule has 3 aromatic rings. The minimum atomic E-state index is -0.231. The van der Waals surface area contributed by atoms with Crippen molar-refractivity contribution in [3.05, 3.63) is 83.2 Å². The first-order valence-corrected chi connectivity index (χ1v) is 9.34. The molecule has 1 amide bonds. The standard InChI is InChI=1S/C23H25N3O3/c1-16-6-4-5-7-18(16)14-24-19-9-10-20(25-15-19)23(27)26-13-17-8-11-21(28-2)22(12-17)29-3/h4-12,15,24H,13-14H2,1-3H3,(H,26,27). The minimum Gasteiger partial charge on any atom is -0.493 e. The average Bonchev–Trinajstić information content (AvgIpc) is 2.77. The van der Waals surface area contributed by atoms with Gasteiger partial charge in [-0.25, -0.2) is 4.98 Å². The van der Waals surface area contributed by atoms with E-state index in [1.54, 1.807) is 26.5 Å². The highest BCUT2D eigenvalue weighted by molar-refractivity contribution is 5.92. The summed E-state index contributed by atoms with van der Waals surface area (Å²) < 4.78 is 10.5. The number of hydrogen-bond donors (Lipinski definition) is 2. The maximum atomic E-state index is 12.4. The van der Waals surface area contributed by atoms with Gasteiger partial charge in [-0.15, -0.1) is 0 Å². The number of methoxy groups -OCH3 is 2. The first-order chi connectivity index (χ1) is 14.1. The third kappa shape index (κ3) is 5.25. The van der Waals surface area contributed by atoms with Crippen LogP contribution in [0.1, 0.15) is 27.2 Å². The number of aryl methyl sites for hydroxylation is 1. The number of nitrogens with one attached hydrogen (secondary N) is 2. The monoisotopic (exact) mass is 391 g/mol. The molecule has 2 N–H and O–H groups in total. The van der Waals surface area contributed by atoms with Crippen molar-refractivity contribution in [1.82, 2.24) is 10.3 Å². The van der Waals surface area contributed by atoms with Crippen LogP contribution < -0.4 is 20.1 Å². The number of carbonyl (C=O) groups is 1. The number of benzene rings is 2. The van der Waals surface area contributed by atoms with E-state index in [2.05, 4.69) is 34.7 Å². The van der Waals surface area contributed by atoms with Gasteiger partial charge in [0, 0.05) is 13.1 Å². The van der Waals surface area contributed by atoms with E-state index in [-0.39, 0.29) is 5.91 Å². The lowest BCUT2D eigenvalue weighted by atomic mass is 10.1. The van der Waals surface area contributed by atoms with E-state index in [0.717, 1.165) is 11.3 Å². The average molecular weight is 391 g/mol. The maximum absolute atomic E-state index is 12.4. The van der Waals surface area contributed by atoms with E-state index in [1.807, 2.05) is 36.4 Å². The lowest BCUT2D eigenvalue weighted by Crippen LogP contribution is -2.23. The van der Waals surface area contributed by atoms with Crippen LogP contribution in [0.25, 0.3) is 0 Å². The molecule has 6 heteroatoms. The number of carbonyl (C=O) groups excluding carboxylic acids is 1. The highest BCUT2D eigenvalue weighted by Crippen LogP contribution is 2.27. The van der Waals surface area contributed by atoms with Crippen molar-refractivity contribution in [3.63, 3.8) is 0 Å². The number of ether oxygens (including phenoxy) is 2. The molecular formula is C23H25N3O3. The quantitative estimate of drug-likeness (QED) is 0.608. The molecule has 1 heterocycles. The van der Waals surface area contributed by atoms with Crippen LogP contribution in [0.5, 0.6) is 11.5 Å². The molecule has 1 aromatic heterocycles. The van der Waals surface area contributed by atoms with Crippen LogP contribution >= 0.6 is 0 Å². The lowest BCUT2D eigenvalue weighted by molar-refractivity contribution is 0.0946. The fourth-order valence-electron chi connectivity index (χ4n) is 2.90. The van der Waals surface area contributed by atoms with Gasteiger partial charge in [0.2, 0.25) is 0 Å². The van der Waals surface area contributed by atoms with Crippen LogP contribution in [0, 0.1) is 6.92 Å². The van der Waals surface area contributed by atoms with Crippen LogP contribution in [0.2, 0.25) is 0 Å². The van der Waals surface area contributed by atoms with Crippen molar-refractivity contribution in [2.45, 2.75) is 20.0 Å². The molecule has 29 heavy (non-hydrogen) atoms. The van der Waals surface area contributed by atoms with Crippen LogP contribution in [0.15, 0.2) is 60.8 Å². The predicted octanol–water partition coefficient (Wildman–Crippen LogP) is 3.95. The first kappa shape index (κ1) is 20.2. The van der Waals surface area contributed by atoms with Crippen molar-refractivity contribution in [2.75, 3.05) is 19.5 Å². The zero-order valence-corrected chi connectivity index (χ0v) is 16.9. The molecule has 2 aromatic carbocycles. The van der Waals surface area contributed by atoms with Crippen LogP contribution in [0.4, 0.5) is 5.69 Å². The third-order valence-electron chi connectivity index (χ3n) is 4.64. The number of anilines is 1. The van der Waals surface area contributed by atoms with Crippen LogP contribution in [-0.2, 0) is 13.1 Å². The number of rotatable bonds is 8. The second-order valence-corrected chi connectivity index (χ2v) is 6.58. The third-order valence-corrected chi connectivity index (χ3v) is 4.64. The van der Waals surface area contributed by atoms with Crippen LogP contribution in [-0.4, -0.2) is 25.1 Å². The van der Waals surface area contributed by atoms with Crippen molar-refractivity contribution in [3.8, 4) is 11.5 Å². The number of aromatic nitrogens is 1. The summed E-state index contributed by atoms with van der Waals surface area (Å²) in [5.74, 6) is 1.05. The zero-order valence-electron chi connectivity index (χ0n) is 16.9. The summed E-state index contributed by atoms with van der Waals surface area (Å²) in [6.07, 6.45) is 1.67. The molecule has 0 spiro atoms. The molecule has 0 radical (unpaired) electrons. The second-order valence-electron chi connectivity index (χ2n) is 6.58. The molecule has 0 unspecified atom stereocenters. The van der Waals surface area contributed by atoms with E-state index in [9.17, 15) is 4.79 Å². The topological polar surface area (TPSA) is 72.5 Å². The van der Waals surface area contributed by atoms with Crippen molar-refractivity contribution in [2.24, 2.45) is 0 Å². The van der Waals surface area contributed by atoms with Crippen molar-refractivity contribution < 1.29 is 14.3 Å². The van der Waals surface area contributed by atoms with Gasteiger partial charge in [-0.3, -0.25) is 4.79 Å².